The Labute approximate surface area is 92.8 Å². The summed E-state index contributed by atoms with van der Waals surface area (Å²) < 4.78 is 5.07. The third-order valence-electron chi connectivity index (χ3n) is 2.36. The van der Waals surface area contributed by atoms with Crippen LogP contribution in [0.15, 0.2) is 0 Å². The van der Waals surface area contributed by atoms with Gasteiger partial charge in [-0.1, -0.05) is 33.6 Å². The van der Waals surface area contributed by atoms with Gasteiger partial charge in [0.1, 0.15) is 6.04 Å². The lowest BCUT2D eigenvalue weighted by molar-refractivity contribution is -0.146. The van der Waals surface area contributed by atoms with E-state index in [4.69, 9.17) is 10.5 Å². The fourth-order valence-electron chi connectivity index (χ4n) is 0.998. The maximum absolute atomic E-state index is 11.2. The lowest BCUT2D eigenvalue weighted by Crippen LogP contribution is -2.32. The third kappa shape index (κ3) is 6.22. The van der Waals surface area contributed by atoms with Crippen molar-refractivity contribution in [3.8, 4) is 0 Å². The average molecular weight is 224 g/mol. The van der Waals surface area contributed by atoms with Crippen molar-refractivity contribution in [3.63, 3.8) is 0 Å². The Morgan fingerprint density at radius 2 is 1.71 bits per heavy atom. The summed E-state index contributed by atoms with van der Waals surface area (Å²) in [7, 11) is 0. The highest BCUT2D eigenvalue weighted by molar-refractivity contribution is 5.85. The number of rotatable bonds is 6. The van der Waals surface area contributed by atoms with Crippen molar-refractivity contribution >= 4 is 18.4 Å². The van der Waals surface area contributed by atoms with Crippen molar-refractivity contribution in [2.24, 2.45) is 11.7 Å². The molecule has 0 saturated heterocycles. The van der Waals surface area contributed by atoms with Gasteiger partial charge in [-0.15, -0.1) is 12.4 Å². The van der Waals surface area contributed by atoms with Crippen LogP contribution in [0.25, 0.3) is 0 Å². The number of halogens is 1. The van der Waals surface area contributed by atoms with E-state index in [1.54, 1.807) is 0 Å². The molecule has 4 heteroatoms. The molecular formula is C10H22ClNO2. The van der Waals surface area contributed by atoms with E-state index in [0.29, 0.717) is 18.9 Å². The molecule has 86 valence electrons. The van der Waals surface area contributed by atoms with Crippen LogP contribution in [0.2, 0.25) is 0 Å². The average Bonchev–Trinajstić information content (AvgIpc) is 2.17. The van der Waals surface area contributed by atoms with E-state index in [0.717, 1.165) is 12.8 Å². The number of hydrogen-bond donors (Lipinski definition) is 1. The Bertz CT molecular complexity index is 149. The first-order valence-electron chi connectivity index (χ1n) is 5.07. The van der Waals surface area contributed by atoms with E-state index in [1.165, 1.54) is 0 Å². The molecule has 14 heavy (non-hydrogen) atoms. The standard InChI is InChI=1S/C10H21NO2.ClH/c1-4-8(5-2)7-13-10(12)9(11)6-3;/h8-9H,4-7,11H2,1-3H3;1H. The lowest BCUT2D eigenvalue weighted by Gasteiger charge is -2.14. The maximum Gasteiger partial charge on any atom is 0.322 e. The topological polar surface area (TPSA) is 52.3 Å². The van der Waals surface area contributed by atoms with Crippen LogP contribution in [0, 0.1) is 5.92 Å². The van der Waals surface area contributed by atoms with E-state index in [1.807, 2.05) is 6.92 Å². The molecule has 0 bridgehead atoms. The van der Waals surface area contributed by atoms with Crippen molar-refractivity contribution in [3.05, 3.63) is 0 Å². The first-order chi connectivity index (χ1) is 6.15. The van der Waals surface area contributed by atoms with E-state index < -0.39 is 6.04 Å². The van der Waals surface area contributed by atoms with Gasteiger partial charge in [0.2, 0.25) is 0 Å². The summed E-state index contributed by atoms with van der Waals surface area (Å²) in [6.07, 6.45) is 2.73. The van der Waals surface area contributed by atoms with E-state index in [9.17, 15) is 4.79 Å². The Kier molecular flexibility index (Phi) is 10.7. The van der Waals surface area contributed by atoms with Gasteiger partial charge in [0.25, 0.3) is 0 Å². The minimum absolute atomic E-state index is 0. The minimum Gasteiger partial charge on any atom is -0.464 e. The van der Waals surface area contributed by atoms with Gasteiger partial charge in [0, 0.05) is 0 Å². The second-order valence-corrected chi connectivity index (χ2v) is 3.33. The van der Waals surface area contributed by atoms with Crippen molar-refractivity contribution in [1.29, 1.82) is 0 Å². The fraction of sp³-hybridized carbons (Fsp3) is 0.900. The zero-order valence-electron chi connectivity index (χ0n) is 9.29. The largest absolute Gasteiger partial charge is 0.464 e. The predicted octanol–water partition coefficient (Wildman–Crippen LogP) is 2.12. The number of esters is 1. The summed E-state index contributed by atoms with van der Waals surface area (Å²) >= 11 is 0. The van der Waals surface area contributed by atoms with Gasteiger partial charge >= 0.3 is 5.97 Å². The van der Waals surface area contributed by atoms with Gasteiger partial charge in [0.15, 0.2) is 0 Å². The van der Waals surface area contributed by atoms with Crippen molar-refractivity contribution in [2.45, 2.75) is 46.1 Å². The molecule has 1 atom stereocenters. The molecule has 0 radical (unpaired) electrons. The van der Waals surface area contributed by atoms with Crippen molar-refractivity contribution < 1.29 is 9.53 Å². The molecule has 0 rings (SSSR count). The Morgan fingerprint density at radius 1 is 1.21 bits per heavy atom. The van der Waals surface area contributed by atoms with E-state index in [-0.39, 0.29) is 18.4 Å². The predicted molar refractivity (Wildman–Crippen MR) is 60.5 cm³/mol. The lowest BCUT2D eigenvalue weighted by atomic mass is 10.1. The van der Waals surface area contributed by atoms with Crippen LogP contribution < -0.4 is 5.73 Å². The van der Waals surface area contributed by atoms with Crippen LogP contribution in [0.4, 0.5) is 0 Å². The summed E-state index contributed by atoms with van der Waals surface area (Å²) in [5, 5.41) is 0. The molecule has 0 aliphatic heterocycles. The molecule has 0 aromatic carbocycles. The Hall–Kier alpha value is -0.280. The SMILES string of the molecule is CCC(CC)COC(=O)C(N)CC.Cl. The van der Waals surface area contributed by atoms with Crippen LogP contribution in [-0.4, -0.2) is 18.6 Å². The van der Waals surface area contributed by atoms with Gasteiger partial charge in [-0.2, -0.15) is 0 Å². The monoisotopic (exact) mass is 223 g/mol. The summed E-state index contributed by atoms with van der Waals surface area (Å²) in [6.45, 7) is 6.59. The van der Waals surface area contributed by atoms with Crippen LogP contribution in [0.3, 0.4) is 0 Å². The number of hydrogen-bond acceptors (Lipinski definition) is 3. The van der Waals surface area contributed by atoms with Crippen LogP contribution in [0.1, 0.15) is 40.0 Å². The zero-order chi connectivity index (χ0) is 10.3. The highest BCUT2D eigenvalue weighted by atomic mass is 35.5. The molecule has 0 saturated carbocycles. The summed E-state index contributed by atoms with van der Waals surface area (Å²) in [6, 6.07) is -0.450. The zero-order valence-corrected chi connectivity index (χ0v) is 10.1. The first-order valence-corrected chi connectivity index (χ1v) is 5.07. The normalized spacial score (nSPS) is 12.1. The molecule has 0 aliphatic carbocycles. The van der Waals surface area contributed by atoms with Gasteiger partial charge in [-0.3, -0.25) is 4.79 Å². The number of carbonyl (C=O) groups is 1. The van der Waals surface area contributed by atoms with Gasteiger partial charge in [0.05, 0.1) is 6.61 Å². The number of ether oxygens (including phenoxy) is 1. The summed E-state index contributed by atoms with van der Waals surface area (Å²) in [5.41, 5.74) is 5.51. The summed E-state index contributed by atoms with van der Waals surface area (Å²) in [4.78, 5) is 11.2. The molecular weight excluding hydrogens is 202 g/mol. The smallest absolute Gasteiger partial charge is 0.322 e. The molecule has 2 N–H and O–H groups in total. The highest BCUT2D eigenvalue weighted by Crippen LogP contribution is 2.08. The van der Waals surface area contributed by atoms with Gasteiger partial charge in [-0.25, -0.2) is 0 Å². The molecule has 1 unspecified atom stereocenters. The van der Waals surface area contributed by atoms with E-state index >= 15 is 0 Å². The molecule has 0 spiro atoms. The number of carbonyl (C=O) groups excluding carboxylic acids is 1. The second-order valence-electron chi connectivity index (χ2n) is 3.33. The van der Waals surface area contributed by atoms with Crippen molar-refractivity contribution in [1.82, 2.24) is 0 Å². The third-order valence-corrected chi connectivity index (χ3v) is 2.36. The maximum atomic E-state index is 11.2. The molecule has 0 heterocycles. The molecule has 0 aliphatic rings. The Balaban J connectivity index is 0. The van der Waals surface area contributed by atoms with Crippen LogP contribution in [0.5, 0.6) is 0 Å². The molecule has 0 aromatic rings. The summed E-state index contributed by atoms with van der Waals surface area (Å²) in [5.74, 6) is 0.211. The molecule has 0 fully saturated rings. The van der Waals surface area contributed by atoms with Crippen LogP contribution >= 0.6 is 12.4 Å². The fourth-order valence-corrected chi connectivity index (χ4v) is 0.998. The quantitative estimate of drug-likeness (QED) is 0.702. The van der Waals surface area contributed by atoms with Gasteiger partial charge in [-0.05, 0) is 12.3 Å². The molecule has 0 amide bonds. The van der Waals surface area contributed by atoms with Gasteiger partial charge < -0.3 is 10.5 Å². The molecule has 3 nitrogen and oxygen atoms in total. The first kappa shape index (κ1) is 16.2. The van der Waals surface area contributed by atoms with Crippen LogP contribution in [-0.2, 0) is 9.53 Å². The minimum atomic E-state index is -0.450. The number of nitrogens with two attached hydrogens (primary N) is 1. The highest BCUT2D eigenvalue weighted by Gasteiger charge is 2.14. The van der Waals surface area contributed by atoms with Crippen molar-refractivity contribution in [2.75, 3.05) is 6.61 Å². The second kappa shape index (κ2) is 9.28. The Morgan fingerprint density at radius 3 is 2.07 bits per heavy atom. The van der Waals surface area contributed by atoms with E-state index in [2.05, 4.69) is 13.8 Å². The molecule has 0 aromatic heterocycles.